The summed E-state index contributed by atoms with van der Waals surface area (Å²) in [5, 5.41) is 1.92. The van der Waals surface area contributed by atoms with E-state index >= 15 is 43.5 Å². The summed E-state index contributed by atoms with van der Waals surface area (Å²) in [6.07, 6.45) is -11.5. The van der Waals surface area contributed by atoms with Crippen LogP contribution in [0.5, 0.6) is 0 Å². The minimum absolute atomic E-state index is 0.480. The van der Waals surface area contributed by atoms with E-state index in [0.717, 1.165) is 22.3 Å². The Hall–Kier alpha value is -6.43. The van der Waals surface area contributed by atoms with Crippen molar-refractivity contribution >= 4 is 90.1 Å². The van der Waals surface area contributed by atoms with E-state index in [1.807, 2.05) is 0 Å². The molecule has 2 aliphatic heterocycles. The fraction of sp³-hybridized carbons (Fsp3) is 0.273. The van der Waals surface area contributed by atoms with E-state index in [4.69, 9.17) is 8.20 Å². The van der Waals surface area contributed by atoms with E-state index in [9.17, 15) is 52.7 Å². The predicted molar refractivity (Wildman–Crippen MR) is 337 cm³/mol. The summed E-state index contributed by atoms with van der Waals surface area (Å²) in [4.78, 5) is 0. The summed E-state index contributed by atoms with van der Waals surface area (Å²) in [7, 11) is -5.94. The van der Waals surface area contributed by atoms with Crippen LogP contribution in [0.25, 0.3) is 0 Å². The molecule has 0 bridgehead atoms. The van der Waals surface area contributed by atoms with Gasteiger partial charge in [0.25, 0.3) is 21.4 Å². The molecule has 8 aromatic carbocycles. The van der Waals surface area contributed by atoms with Gasteiger partial charge in [0, 0.05) is 0 Å². The maximum absolute atomic E-state index is 15.7. The normalized spacial score (nSPS) is 18.8. The van der Waals surface area contributed by atoms with Crippen LogP contribution in [-0.4, -0.2) is 32.4 Å². The van der Waals surface area contributed by atoms with Crippen molar-refractivity contribution in [3.8, 4) is 0 Å². The number of hydrogen-bond donors (Lipinski definition) is 0. The molecule has 0 saturated carbocycles. The van der Waals surface area contributed by atoms with Gasteiger partial charge in [-0.15, -0.1) is 12.6 Å². The van der Waals surface area contributed by atoms with Gasteiger partial charge in [0.05, 0.1) is 11.3 Å². The molecule has 30 heteroatoms. The van der Waals surface area contributed by atoms with Gasteiger partial charge in [-0.25, -0.2) is 87.8 Å². The van der Waals surface area contributed by atoms with Gasteiger partial charge in [-0.05, 0) is 141 Å². The Labute approximate surface area is 544 Å². The third-order valence-electron chi connectivity index (χ3n) is 18.3. The first-order valence-electron chi connectivity index (χ1n) is 29.3. The fourth-order valence-corrected chi connectivity index (χ4v) is 35.2. The summed E-state index contributed by atoms with van der Waals surface area (Å²) in [6.45, 7) is 16.4. The lowest BCUT2D eigenvalue weighted by atomic mass is 9.29. The summed E-state index contributed by atoms with van der Waals surface area (Å²) in [5.41, 5.74) is -2.43. The summed E-state index contributed by atoms with van der Waals surface area (Å²) in [5.74, 6) is -52.0. The zero-order chi connectivity index (χ0) is 71.9. The summed E-state index contributed by atoms with van der Waals surface area (Å²) in [6, 6.07) is 14.2. The minimum Gasteiger partial charge on any atom is -0.467 e. The molecule has 512 valence electrons. The standard InChI is InChI=1S/2C33H28BF10O2PS/c2*1-13-8-15(3)32(16(4)9-13)47(33-17(5)10-14(2)11-18(33)6)19(7)12-34(46-48(47)45,20-22(35)26(39)30(43)27(40)23(20)36)21-24(37)28(41)31(44)29(42)25(21)38/h2*8-11,19H,12H2,1-7H3/t2*19-,48-/m10/s1. The topological polar surface area (TPSA) is 52.6 Å². The van der Waals surface area contributed by atoms with Crippen LogP contribution < -0.4 is 43.1 Å². The third-order valence-corrected chi connectivity index (χ3v) is 36.3. The summed E-state index contributed by atoms with van der Waals surface area (Å²) >= 11 is 0. The van der Waals surface area contributed by atoms with Gasteiger partial charge in [-0.1, -0.05) is 92.6 Å². The number of benzene rings is 8. The second kappa shape index (κ2) is 26.0. The molecule has 2 heterocycles. The molecule has 2 aliphatic rings. The minimum atomic E-state index is -4.68. The van der Waals surface area contributed by atoms with Gasteiger partial charge in [0.2, 0.25) is 12.7 Å². The van der Waals surface area contributed by atoms with E-state index in [-0.39, 0.29) is 0 Å². The highest BCUT2D eigenvalue weighted by Crippen LogP contribution is 2.72. The fourth-order valence-electron chi connectivity index (χ4n) is 15.3. The van der Waals surface area contributed by atoms with Crippen molar-refractivity contribution in [1.29, 1.82) is 0 Å². The van der Waals surface area contributed by atoms with E-state index < -0.39 is 209 Å². The van der Waals surface area contributed by atoms with Crippen molar-refractivity contribution in [1.82, 2.24) is 0 Å². The van der Waals surface area contributed by atoms with Crippen LogP contribution in [0.3, 0.4) is 0 Å². The van der Waals surface area contributed by atoms with Crippen LogP contribution in [0.2, 0.25) is 12.6 Å². The van der Waals surface area contributed by atoms with Gasteiger partial charge < -0.3 is 8.20 Å². The highest BCUT2D eigenvalue weighted by Gasteiger charge is 2.67. The van der Waals surface area contributed by atoms with Crippen molar-refractivity contribution in [3.05, 3.63) is 232 Å². The first-order valence-corrected chi connectivity index (χ1v) is 36.3. The molecule has 0 N–H and O–H groups in total. The lowest BCUT2D eigenvalue weighted by Gasteiger charge is -2.51. The Morgan fingerprint density at radius 1 is 0.281 bits per heavy atom. The molecule has 0 spiro atoms. The molecule has 0 amide bonds. The van der Waals surface area contributed by atoms with E-state index in [2.05, 4.69) is 0 Å². The molecule has 0 radical (unpaired) electrons. The molecule has 10 rings (SSSR count). The van der Waals surface area contributed by atoms with E-state index in [1.165, 1.54) is 13.8 Å². The lowest BCUT2D eigenvalue weighted by molar-refractivity contribution is 0.378. The van der Waals surface area contributed by atoms with Gasteiger partial charge in [-0.3, -0.25) is 0 Å². The second-order valence-corrected chi connectivity index (χ2v) is 37.6. The Morgan fingerprint density at radius 2 is 0.417 bits per heavy atom. The average molecular weight is 1440 g/mol. The van der Waals surface area contributed by atoms with Gasteiger partial charge in [0.15, 0.2) is 82.7 Å². The van der Waals surface area contributed by atoms with Crippen LogP contribution in [0, 0.1) is 199 Å². The van der Waals surface area contributed by atoms with Gasteiger partial charge in [0.1, 0.15) is 67.8 Å². The maximum Gasteiger partial charge on any atom is 0.268 e. The van der Waals surface area contributed by atoms with Crippen molar-refractivity contribution in [2.45, 2.75) is 121 Å². The average Bonchev–Trinajstić information content (AvgIpc) is 0.693. The first-order chi connectivity index (χ1) is 44.5. The third kappa shape index (κ3) is 10.9. The Balaban J connectivity index is 0.000000225. The second-order valence-electron chi connectivity index (χ2n) is 24.9. The van der Waals surface area contributed by atoms with Gasteiger partial charge >= 0.3 is 0 Å². The Bertz CT molecular complexity index is 3970. The molecule has 0 aliphatic carbocycles. The van der Waals surface area contributed by atoms with Crippen molar-refractivity contribution < 1.29 is 104 Å². The number of hydrogen-bond acceptors (Lipinski definition) is 4. The number of aryl methyl sites for hydroxylation is 12. The molecule has 8 aromatic rings. The van der Waals surface area contributed by atoms with Crippen molar-refractivity contribution in [2.24, 2.45) is 0 Å². The van der Waals surface area contributed by atoms with Crippen molar-refractivity contribution in [2.75, 3.05) is 0 Å². The summed E-state index contributed by atoms with van der Waals surface area (Å²) < 4.78 is 343. The first kappa shape index (κ1) is 73.8. The molecule has 2 fully saturated rings. The highest BCUT2D eigenvalue weighted by atomic mass is 32.8. The van der Waals surface area contributed by atoms with E-state index in [0.29, 0.717) is 65.7 Å². The molecule has 4 atom stereocenters. The smallest absolute Gasteiger partial charge is 0.268 e. The zero-order valence-electron chi connectivity index (χ0n) is 53.2. The molecule has 0 aromatic heterocycles. The van der Waals surface area contributed by atoms with Crippen LogP contribution in [0.15, 0.2) is 48.5 Å². The predicted octanol–water partition coefficient (Wildman–Crippen LogP) is 15.3. The Kier molecular flexibility index (Phi) is 20.0. The van der Waals surface area contributed by atoms with Crippen LogP contribution in [0.4, 0.5) is 87.8 Å². The van der Waals surface area contributed by atoms with Crippen LogP contribution >= 0.6 is 12.9 Å². The van der Waals surface area contributed by atoms with Crippen LogP contribution in [0.1, 0.15) is 80.6 Å². The molecular weight excluding hydrogens is 1380 g/mol. The largest absolute Gasteiger partial charge is 0.467 e. The van der Waals surface area contributed by atoms with Crippen molar-refractivity contribution in [3.63, 3.8) is 0 Å². The SMILES string of the molecule is Cc1cc(C)c([P+]2(c3c(C)cc(C)cc3C)[C@@H](C)C[B-](c3c(F)c(F)c(F)c(F)c3F)(c3c(F)c(F)c(F)c(F)c3F)O[S@@]2=O)c(C)c1.Cc1cc(C)c([P+]2(c3c(C)cc(C)cc3C)[C@H](C)C[B-](c3c(F)c(F)c(F)c(F)c3F)(c3c(F)c(F)c(F)c(F)c3F)O[S@]2=O)c(C)c1. The molecular formula is C66H56B2F20O4P2S2. The highest BCUT2D eigenvalue weighted by molar-refractivity contribution is 8.58. The van der Waals surface area contributed by atoms with Gasteiger partial charge in [-0.2, -0.15) is 8.42 Å². The molecule has 2 saturated heterocycles. The Morgan fingerprint density at radius 3 is 0.552 bits per heavy atom. The number of rotatable bonds is 8. The van der Waals surface area contributed by atoms with Crippen LogP contribution in [-0.2, 0) is 29.6 Å². The quantitative estimate of drug-likeness (QED) is 0.0500. The monoisotopic (exact) mass is 1440 g/mol. The molecule has 0 unspecified atom stereocenters. The zero-order valence-corrected chi connectivity index (χ0v) is 56.7. The van der Waals surface area contributed by atoms with E-state index in [1.54, 1.807) is 132 Å². The lowest BCUT2D eigenvalue weighted by Crippen LogP contribution is -2.69. The number of halogens is 20. The molecule has 4 nitrogen and oxygen atoms in total. The molecule has 96 heavy (non-hydrogen) atoms. The maximum atomic E-state index is 15.7.